The highest BCUT2D eigenvalue weighted by Crippen LogP contribution is 2.36. The van der Waals surface area contributed by atoms with Crippen LogP contribution in [-0.4, -0.2) is 18.1 Å². The topological polar surface area (TPSA) is 24.9 Å². The van der Waals surface area contributed by atoms with Crippen molar-refractivity contribution in [2.75, 3.05) is 13.1 Å². The molecule has 0 saturated heterocycles. The molecule has 1 aliphatic rings. The van der Waals surface area contributed by atoms with Crippen molar-refractivity contribution in [3.05, 3.63) is 16.1 Å². The summed E-state index contributed by atoms with van der Waals surface area (Å²) in [7, 11) is 0. The number of nitrogens with zero attached hydrogens (tertiary/aromatic N) is 1. The van der Waals surface area contributed by atoms with Gasteiger partial charge in [0.05, 0.1) is 5.01 Å². The maximum Gasteiger partial charge on any atom is 0.0930 e. The number of hydrogen-bond acceptors (Lipinski definition) is 3. The average Bonchev–Trinajstić information content (AvgIpc) is 2.77. The molecule has 1 aromatic heterocycles. The number of rotatable bonds is 6. The minimum absolute atomic E-state index is 0.748. The predicted octanol–water partition coefficient (Wildman–Crippen LogP) is 4.29. The van der Waals surface area contributed by atoms with Crippen LogP contribution >= 0.6 is 11.3 Å². The summed E-state index contributed by atoms with van der Waals surface area (Å²) in [6, 6.07) is 0. The lowest BCUT2D eigenvalue weighted by molar-refractivity contribution is 0.182. The van der Waals surface area contributed by atoms with Gasteiger partial charge in [-0.3, -0.25) is 0 Å². The van der Waals surface area contributed by atoms with E-state index in [1.54, 1.807) is 0 Å². The van der Waals surface area contributed by atoms with Gasteiger partial charge in [0.25, 0.3) is 0 Å². The first kappa shape index (κ1) is 16.0. The van der Waals surface area contributed by atoms with Crippen molar-refractivity contribution >= 4 is 11.3 Å². The second-order valence-electron chi connectivity index (χ2n) is 7.08. The highest BCUT2D eigenvalue weighted by atomic mass is 32.1. The smallest absolute Gasteiger partial charge is 0.0930 e. The summed E-state index contributed by atoms with van der Waals surface area (Å²) in [5.74, 6) is 3.30. The van der Waals surface area contributed by atoms with Crippen molar-refractivity contribution in [1.29, 1.82) is 0 Å². The quantitative estimate of drug-likeness (QED) is 0.846. The van der Waals surface area contributed by atoms with Crippen LogP contribution in [0.5, 0.6) is 0 Å². The molecular formula is C17H30N2S. The normalized spacial score (nSPS) is 27.1. The second-order valence-corrected chi connectivity index (χ2v) is 8.02. The second kappa shape index (κ2) is 7.56. The Kier molecular flexibility index (Phi) is 6.03. The van der Waals surface area contributed by atoms with E-state index in [-0.39, 0.29) is 0 Å². The molecule has 114 valence electrons. The molecule has 0 spiro atoms. The van der Waals surface area contributed by atoms with Crippen LogP contribution in [0.3, 0.4) is 0 Å². The third-order valence-electron chi connectivity index (χ3n) is 4.46. The van der Waals surface area contributed by atoms with Crippen LogP contribution in [0.4, 0.5) is 0 Å². The molecule has 1 saturated carbocycles. The summed E-state index contributed by atoms with van der Waals surface area (Å²) in [4.78, 5) is 4.67. The summed E-state index contributed by atoms with van der Waals surface area (Å²) < 4.78 is 0. The first-order chi connectivity index (χ1) is 9.54. The zero-order chi connectivity index (χ0) is 14.5. The molecule has 0 bridgehead atoms. The summed E-state index contributed by atoms with van der Waals surface area (Å²) in [6.07, 6.45) is 5.37. The molecule has 1 aliphatic carbocycles. The SMILES string of the molecule is Cc1csc(CC2CC(C)CCC2CNCC(C)C)n1. The molecule has 1 N–H and O–H groups in total. The van der Waals surface area contributed by atoms with Crippen LogP contribution in [0.25, 0.3) is 0 Å². The number of aryl methyl sites for hydroxylation is 1. The first-order valence-electron chi connectivity index (χ1n) is 8.16. The van der Waals surface area contributed by atoms with Gasteiger partial charge in [0.2, 0.25) is 0 Å². The number of thiazole rings is 1. The van der Waals surface area contributed by atoms with Crippen LogP contribution in [0.15, 0.2) is 5.38 Å². The zero-order valence-electron chi connectivity index (χ0n) is 13.5. The Morgan fingerprint density at radius 1 is 1.35 bits per heavy atom. The molecule has 2 nitrogen and oxygen atoms in total. The molecule has 3 heteroatoms. The highest BCUT2D eigenvalue weighted by molar-refractivity contribution is 7.09. The molecule has 0 aromatic carbocycles. The Balaban J connectivity index is 1.90. The Labute approximate surface area is 128 Å². The van der Waals surface area contributed by atoms with E-state index < -0.39 is 0 Å². The molecule has 2 rings (SSSR count). The van der Waals surface area contributed by atoms with E-state index >= 15 is 0 Å². The minimum atomic E-state index is 0.748. The molecule has 20 heavy (non-hydrogen) atoms. The van der Waals surface area contributed by atoms with Crippen molar-refractivity contribution in [2.45, 2.75) is 53.4 Å². The molecular weight excluding hydrogens is 264 g/mol. The highest BCUT2D eigenvalue weighted by Gasteiger charge is 2.29. The predicted molar refractivity (Wildman–Crippen MR) is 88.3 cm³/mol. The van der Waals surface area contributed by atoms with Crippen molar-refractivity contribution in [3.8, 4) is 0 Å². The van der Waals surface area contributed by atoms with Gasteiger partial charge < -0.3 is 5.32 Å². The van der Waals surface area contributed by atoms with Gasteiger partial charge in [0, 0.05) is 17.5 Å². The molecule has 0 amide bonds. The fourth-order valence-corrected chi connectivity index (χ4v) is 4.22. The van der Waals surface area contributed by atoms with E-state index in [0.29, 0.717) is 0 Å². The van der Waals surface area contributed by atoms with E-state index in [9.17, 15) is 0 Å². The van der Waals surface area contributed by atoms with Gasteiger partial charge in [0.15, 0.2) is 0 Å². The van der Waals surface area contributed by atoms with E-state index in [4.69, 9.17) is 0 Å². The summed E-state index contributed by atoms with van der Waals surface area (Å²) in [6.45, 7) is 11.4. The zero-order valence-corrected chi connectivity index (χ0v) is 14.3. The summed E-state index contributed by atoms with van der Waals surface area (Å²) in [5, 5.41) is 7.20. The van der Waals surface area contributed by atoms with Gasteiger partial charge in [-0.25, -0.2) is 4.98 Å². The van der Waals surface area contributed by atoms with E-state index in [1.165, 1.54) is 42.9 Å². The fraction of sp³-hybridized carbons (Fsp3) is 0.824. The van der Waals surface area contributed by atoms with Gasteiger partial charge in [0.1, 0.15) is 0 Å². The first-order valence-corrected chi connectivity index (χ1v) is 9.04. The molecule has 1 heterocycles. The van der Waals surface area contributed by atoms with Crippen molar-refractivity contribution in [3.63, 3.8) is 0 Å². The van der Waals surface area contributed by atoms with Gasteiger partial charge in [-0.15, -0.1) is 11.3 Å². The van der Waals surface area contributed by atoms with Gasteiger partial charge in [-0.2, -0.15) is 0 Å². The van der Waals surface area contributed by atoms with Gasteiger partial charge in [-0.05, 0) is 56.5 Å². The lowest BCUT2D eigenvalue weighted by Crippen LogP contribution is -2.35. The maximum atomic E-state index is 4.67. The maximum absolute atomic E-state index is 4.67. The Hall–Kier alpha value is -0.410. The van der Waals surface area contributed by atoms with Crippen molar-refractivity contribution in [2.24, 2.45) is 23.7 Å². The Bertz CT molecular complexity index is 399. The average molecular weight is 295 g/mol. The number of aromatic nitrogens is 1. The standard InChI is InChI=1S/C17H30N2S/c1-12(2)9-18-10-15-6-5-13(3)7-16(15)8-17-19-14(4)11-20-17/h11-13,15-16,18H,5-10H2,1-4H3. The van der Waals surface area contributed by atoms with Gasteiger partial charge in [-0.1, -0.05) is 27.2 Å². The molecule has 3 unspecified atom stereocenters. The third-order valence-corrected chi connectivity index (χ3v) is 5.45. The lowest BCUT2D eigenvalue weighted by atomic mass is 9.73. The molecule has 1 fully saturated rings. The summed E-state index contributed by atoms with van der Waals surface area (Å²) >= 11 is 1.84. The molecule has 1 aromatic rings. The van der Waals surface area contributed by atoms with E-state index in [2.05, 4.69) is 43.4 Å². The Morgan fingerprint density at radius 2 is 2.15 bits per heavy atom. The Morgan fingerprint density at radius 3 is 2.80 bits per heavy atom. The lowest BCUT2D eigenvalue weighted by Gasteiger charge is -2.35. The van der Waals surface area contributed by atoms with Crippen LogP contribution in [-0.2, 0) is 6.42 Å². The van der Waals surface area contributed by atoms with Crippen LogP contribution in [0.1, 0.15) is 50.7 Å². The third kappa shape index (κ3) is 4.85. The monoisotopic (exact) mass is 294 g/mol. The number of nitrogens with one attached hydrogen (secondary N) is 1. The number of hydrogen-bond donors (Lipinski definition) is 1. The van der Waals surface area contributed by atoms with Crippen LogP contribution < -0.4 is 5.32 Å². The molecule has 0 radical (unpaired) electrons. The fourth-order valence-electron chi connectivity index (χ4n) is 3.36. The molecule has 3 atom stereocenters. The largest absolute Gasteiger partial charge is 0.316 e. The minimum Gasteiger partial charge on any atom is -0.316 e. The van der Waals surface area contributed by atoms with Crippen LogP contribution in [0.2, 0.25) is 0 Å². The van der Waals surface area contributed by atoms with E-state index in [0.717, 1.165) is 30.2 Å². The van der Waals surface area contributed by atoms with Crippen LogP contribution in [0, 0.1) is 30.6 Å². The van der Waals surface area contributed by atoms with E-state index in [1.807, 2.05) is 11.3 Å². The van der Waals surface area contributed by atoms with Crippen molar-refractivity contribution in [1.82, 2.24) is 10.3 Å². The summed E-state index contributed by atoms with van der Waals surface area (Å²) in [5.41, 5.74) is 1.18. The van der Waals surface area contributed by atoms with Gasteiger partial charge >= 0.3 is 0 Å². The molecule has 0 aliphatic heterocycles. The van der Waals surface area contributed by atoms with Crippen molar-refractivity contribution < 1.29 is 0 Å².